The number of hydrogen-bond acceptors (Lipinski definition) is 0. The summed E-state index contributed by atoms with van der Waals surface area (Å²) in [7, 11) is 0. The molecule has 0 aromatic carbocycles. The minimum absolute atomic E-state index is 0.804. The molecule has 0 bridgehead atoms. The van der Waals surface area contributed by atoms with Crippen LogP contribution in [0.3, 0.4) is 0 Å². The number of hydrogen-bond donors (Lipinski definition) is 0. The van der Waals surface area contributed by atoms with E-state index < -0.39 is 0 Å². The second-order valence-electron chi connectivity index (χ2n) is 2.90. The highest BCUT2D eigenvalue weighted by Crippen LogP contribution is 2.33. The zero-order valence-corrected chi connectivity index (χ0v) is 9.35. The topological polar surface area (TPSA) is 0 Å². The third kappa shape index (κ3) is 2.37. The molecule has 0 aromatic rings. The fourth-order valence-corrected chi connectivity index (χ4v) is 2.80. The van der Waals surface area contributed by atoms with Gasteiger partial charge in [-0.1, -0.05) is 45.4 Å². The average molecular weight is 303 g/mol. The Morgan fingerprint density at radius 2 is 2.11 bits per heavy atom. The molecule has 0 nitrogen and oxygen atoms in total. The summed E-state index contributed by atoms with van der Waals surface area (Å²) in [5.74, 6) is 0.920. The summed E-state index contributed by atoms with van der Waals surface area (Å²) in [6.45, 7) is 2.35. The van der Waals surface area contributed by atoms with Crippen LogP contribution in [-0.4, -0.2) is 8.75 Å². The zero-order valence-electron chi connectivity index (χ0n) is 5.61. The van der Waals surface area contributed by atoms with E-state index in [1.165, 1.54) is 19.3 Å². The van der Waals surface area contributed by atoms with Crippen molar-refractivity contribution in [3.63, 3.8) is 0 Å². The van der Waals surface area contributed by atoms with E-state index in [0.29, 0.717) is 0 Å². The van der Waals surface area contributed by atoms with Gasteiger partial charge in [0.15, 0.2) is 0 Å². The normalized spacial score (nSPS) is 45.0. The van der Waals surface area contributed by atoms with Crippen LogP contribution >= 0.6 is 38.5 Å². The molecule has 0 heterocycles. The smallest absolute Gasteiger partial charge is 0.0149 e. The Balaban J connectivity index is 2.35. The van der Waals surface area contributed by atoms with Gasteiger partial charge in [0.25, 0.3) is 0 Å². The van der Waals surface area contributed by atoms with Crippen molar-refractivity contribution in [2.24, 2.45) is 5.92 Å². The molecular formula is C7H12BrI. The third-order valence-corrected chi connectivity index (χ3v) is 4.68. The first-order valence-corrected chi connectivity index (χ1v) is 5.64. The van der Waals surface area contributed by atoms with Gasteiger partial charge in [0, 0.05) is 8.75 Å². The van der Waals surface area contributed by atoms with Crippen LogP contribution in [0.2, 0.25) is 0 Å². The molecule has 0 saturated heterocycles. The van der Waals surface area contributed by atoms with Crippen LogP contribution in [0, 0.1) is 5.92 Å². The summed E-state index contributed by atoms with van der Waals surface area (Å²) in [6.07, 6.45) is 4.14. The van der Waals surface area contributed by atoms with E-state index in [1.807, 2.05) is 0 Å². The fraction of sp³-hybridized carbons (Fsp3) is 1.00. The van der Waals surface area contributed by atoms with E-state index in [2.05, 4.69) is 45.4 Å². The quantitative estimate of drug-likeness (QED) is 0.475. The first kappa shape index (κ1) is 8.31. The van der Waals surface area contributed by atoms with E-state index in [1.54, 1.807) is 0 Å². The molecule has 0 amide bonds. The molecule has 0 N–H and O–H groups in total. The maximum atomic E-state index is 3.65. The van der Waals surface area contributed by atoms with Crippen molar-refractivity contribution < 1.29 is 0 Å². The highest BCUT2D eigenvalue weighted by molar-refractivity contribution is 14.1. The zero-order chi connectivity index (χ0) is 6.85. The lowest BCUT2D eigenvalue weighted by atomic mass is 9.91. The molecule has 1 fully saturated rings. The van der Waals surface area contributed by atoms with Crippen LogP contribution in [0.25, 0.3) is 0 Å². The van der Waals surface area contributed by atoms with E-state index in [0.717, 1.165) is 14.7 Å². The van der Waals surface area contributed by atoms with Crippen LogP contribution in [0.5, 0.6) is 0 Å². The summed E-state index contributed by atoms with van der Waals surface area (Å²) in [5.41, 5.74) is 0. The Kier molecular flexibility index (Phi) is 3.28. The van der Waals surface area contributed by atoms with E-state index >= 15 is 0 Å². The van der Waals surface area contributed by atoms with Crippen LogP contribution in [0.1, 0.15) is 26.2 Å². The van der Waals surface area contributed by atoms with Crippen molar-refractivity contribution in [1.29, 1.82) is 0 Å². The Hall–Kier alpha value is 1.21. The van der Waals surface area contributed by atoms with Crippen LogP contribution in [-0.2, 0) is 0 Å². The lowest BCUT2D eigenvalue weighted by molar-refractivity contribution is 0.422. The predicted octanol–water partition coefficient (Wildman–Crippen LogP) is 3.37. The minimum atomic E-state index is 0.804. The summed E-state index contributed by atoms with van der Waals surface area (Å²) in [6, 6.07) is 0. The molecule has 1 aliphatic carbocycles. The number of alkyl halides is 2. The lowest BCUT2D eigenvalue weighted by Crippen LogP contribution is -2.22. The maximum Gasteiger partial charge on any atom is 0.0149 e. The van der Waals surface area contributed by atoms with Gasteiger partial charge in [-0.05, 0) is 25.2 Å². The summed E-state index contributed by atoms with van der Waals surface area (Å²) in [4.78, 5) is 0.804. The molecule has 3 unspecified atom stereocenters. The summed E-state index contributed by atoms with van der Waals surface area (Å²) < 4.78 is 0.927. The first-order valence-electron chi connectivity index (χ1n) is 3.48. The minimum Gasteiger partial charge on any atom is -0.0891 e. The Morgan fingerprint density at radius 1 is 1.44 bits per heavy atom. The van der Waals surface area contributed by atoms with Gasteiger partial charge >= 0.3 is 0 Å². The van der Waals surface area contributed by atoms with Gasteiger partial charge in [0.1, 0.15) is 0 Å². The molecule has 0 spiro atoms. The molecule has 1 aliphatic rings. The fourth-order valence-electron chi connectivity index (χ4n) is 1.29. The Bertz CT molecular complexity index is 94.9. The highest BCUT2D eigenvalue weighted by Gasteiger charge is 2.23. The summed E-state index contributed by atoms with van der Waals surface area (Å²) >= 11 is 6.22. The van der Waals surface area contributed by atoms with Crippen molar-refractivity contribution in [3.8, 4) is 0 Å². The van der Waals surface area contributed by atoms with Gasteiger partial charge in [-0.3, -0.25) is 0 Å². The van der Waals surface area contributed by atoms with Gasteiger partial charge in [-0.2, -0.15) is 0 Å². The standard InChI is InChI=1S/C7H12BrI/c1-5-4-6(8)2-3-7(5)9/h5-7H,2-4H2,1H3. The van der Waals surface area contributed by atoms with Gasteiger partial charge in [0.05, 0.1) is 0 Å². The van der Waals surface area contributed by atoms with E-state index in [4.69, 9.17) is 0 Å². The van der Waals surface area contributed by atoms with Crippen LogP contribution < -0.4 is 0 Å². The number of halogens is 2. The Labute approximate surface area is 79.1 Å². The first-order chi connectivity index (χ1) is 4.20. The second-order valence-corrected chi connectivity index (χ2v) is 5.80. The van der Waals surface area contributed by atoms with Gasteiger partial charge in [0.2, 0.25) is 0 Å². The molecule has 1 saturated carbocycles. The number of rotatable bonds is 0. The van der Waals surface area contributed by atoms with Crippen molar-refractivity contribution in [2.45, 2.75) is 34.9 Å². The largest absolute Gasteiger partial charge is 0.0891 e. The van der Waals surface area contributed by atoms with Crippen LogP contribution in [0.15, 0.2) is 0 Å². The SMILES string of the molecule is CC1CC(Br)CCC1I. The van der Waals surface area contributed by atoms with E-state index in [9.17, 15) is 0 Å². The average Bonchev–Trinajstić information content (AvgIpc) is 1.80. The van der Waals surface area contributed by atoms with Crippen molar-refractivity contribution in [2.75, 3.05) is 0 Å². The van der Waals surface area contributed by atoms with Gasteiger partial charge < -0.3 is 0 Å². The molecule has 2 heteroatoms. The maximum absolute atomic E-state index is 3.65. The summed E-state index contributed by atoms with van der Waals surface area (Å²) in [5, 5.41) is 0. The molecule has 0 radical (unpaired) electrons. The molecule has 1 rings (SSSR count). The highest BCUT2D eigenvalue weighted by atomic mass is 127. The molecule has 54 valence electrons. The van der Waals surface area contributed by atoms with Gasteiger partial charge in [-0.15, -0.1) is 0 Å². The van der Waals surface area contributed by atoms with Crippen LogP contribution in [0.4, 0.5) is 0 Å². The monoisotopic (exact) mass is 302 g/mol. The van der Waals surface area contributed by atoms with Crippen molar-refractivity contribution in [3.05, 3.63) is 0 Å². The molecule has 0 aromatic heterocycles. The van der Waals surface area contributed by atoms with Crippen molar-refractivity contribution >= 4 is 38.5 Å². The van der Waals surface area contributed by atoms with Gasteiger partial charge in [-0.25, -0.2) is 0 Å². The molecule has 0 aliphatic heterocycles. The molecule has 3 atom stereocenters. The van der Waals surface area contributed by atoms with E-state index in [-0.39, 0.29) is 0 Å². The predicted molar refractivity (Wildman–Crippen MR) is 53.5 cm³/mol. The molecular weight excluding hydrogens is 291 g/mol. The molecule has 9 heavy (non-hydrogen) atoms. The third-order valence-electron chi connectivity index (χ3n) is 2.00. The van der Waals surface area contributed by atoms with Crippen molar-refractivity contribution in [1.82, 2.24) is 0 Å². The lowest BCUT2D eigenvalue weighted by Gasteiger charge is -2.27. The Morgan fingerprint density at radius 3 is 2.56 bits per heavy atom. The second kappa shape index (κ2) is 3.56.